The van der Waals surface area contributed by atoms with E-state index in [1.54, 1.807) is 0 Å². The number of anilines is 3. The molecule has 1 aliphatic heterocycles. The van der Waals surface area contributed by atoms with Gasteiger partial charge < -0.3 is 20.8 Å². The molecular formula is C12H20N6O. The molecule has 2 aliphatic rings. The monoisotopic (exact) mass is 264 g/mol. The van der Waals surface area contributed by atoms with Gasteiger partial charge in [-0.15, -0.1) is 0 Å². The number of aromatic nitrogens is 2. The zero-order chi connectivity index (χ0) is 13.2. The summed E-state index contributed by atoms with van der Waals surface area (Å²) in [5.41, 5.74) is 8.26. The minimum atomic E-state index is 0.240. The Kier molecular flexibility index (Phi) is 3.39. The van der Waals surface area contributed by atoms with Gasteiger partial charge in [0.15, 0.2) is 0 Å². The molecule has 1 saturated carbocycles. The Labute approximate surface area is 112 Å². The molecule has 7 heteroatoms. The molecule has 3 rings (SSSR count). The Hall–Kier alpha value is -1.60. The lowest BCUT2D eigenvalue weighted by molar-refractivity contribution is -0.00898. The molecule has 19 heavy (non-hydrogen) atoms. The topological polar surface area (TPSA) is 102 Å². The average molecular weight is 264 g/mol. The van der Waals surface area contributed by atoms with E-state index in [0.29, 0.717) is 18.0 Å². The van der Waals surface area contributed by atoms with Gasteiger partial charge in [0.05, 0.1) is 18.8 Å². The van der Waals surface area contributed by atoms with Crippen molar-refractivity contribution in [1.29, 1.82) is 0 Å². The van der Waals surface area contributed by atoms with Crippen LogP contribution in [0, 0.1) is 0 Å². The van der Waals surface area contributed by atoms with Gasteiger partial charge in [0.1, 0.15) is 11.6 Å². The van der Waals surface area contributed by atoms with E-state index >= 15 is 0 Å². The molecule has 2 fully saturated rings. The summed E-state index contributed by atoms with van der Waals surface area (Å²) in [5, 5.41) is 0. The van der Waals surface area contributed by atoms with Gasteiger partial charge in [0, 0.05) is 12.6 Å². The molecule has 2 unspecified atom stereocenters. The number of hydrogen-bond donors (Lipinski definition) is 3. The van der Waals surface area contributed by atoms with Crippen LogP contribution in [-0.2, 0) is 4.74 Å². The van der Waals surface area contributed by atoms with Crippen molar-refractivity contribution in [2.45, 2.75) is 37.8 Å². The SMILES string of the molecule is NNc1cc(N2CCOC3CCCCC32)nc(N)n1. The fourth-order valence-electron chi connectivity index (χ4n) is 3.05. The summed E-state index contributed by atoms with van der Waals surface area (Å²) < 4.78 is 5.86. The fraction of sp³-hybridized carbons (Fsp3) is 0.667. The van der Waals surface area contributed by atoms with Crippen molar-refractivity contribution in [2.75, 3.05) is 29.2 Å². The van der Waals surface area contributed by atoms with E-state index in [0.717, 1.165) is 31.8 Å². The number of hydrogen-bond acceptors (Lipinski definition) is 7. The van der Waals surface area contributed by atoms with Crippen LogP contribution in [0.1, 0.15) is 25.7 Å². The third kappa shape index (κ3) is 2.43. The van der Waals surface area contributed by atoms with Crippen LogP contribution in [0.25, 0.3) is 0 Å². The molecule has 0 spiro atoms. The van der Waals surface area contributed by atoms with Crippen molar-refractivity contribution in [3.8, 4) is 0 Å². The number of nitrogens with zero attached hydrogens (tertiary/aromatic N) is 3. The van der Waals surface area contributed by atoms with E-state index in [-0.39, 0.29) is 5.95 Å². The summed E-state index contributed by atoms with van der Waals surface area (Å²) in [7, 11) is 0. The summed E-state index contributed by atoms with van der Waals surface area (Å²) >= 11 is 0. The lowest BCUT2D eigenvalue weighted by Crippen LogP contribution is -2.53. The van der Waals surface area contributed by atoms with Gasteiger partial charge in [-0.3, -0.25) is 0 Å². The number of fused-ring (bicyclic) bond motifs is 1. The van der Waals surface area contributed by atoms with Crippen LogP contribution in [0.15, 0.2) is 6.07 Å². The number of rotatable bonds is 2. The molecular weight excluding hydrogens is 244 g/mol. The smallest absolute Gasteiger partial charge is 0.223 e. The van der Waals surface area contributed by atoms with Gasteiger partial charge in [0.2, 0.25) is 5.95 Å². The summed E-state index contributed by atoms with van der Waals surface area (Å²) in [6.07, 6.45) is 5.07. The molecule has 1 aromatic rings. The first-order chi connectivity index (χ1) is 9.28. The standard InChI is InChI=1S/C12H20N6O/c13-12-15-10(17-14)7-11(16-12)18-5-6-19-9-4-2-1-3-8(9)18/h7-9H,1-6,14H2,(H3,13,15,16,17). The van der Waals surface area contributed by atoms with E-state index in [1.165, 1.54) is 12.8 Å². The van der Waals surface area contributed by atoms with Crippen LogP contribution in [0.3, 0.4) is 0 Å². The van der Waals surface area contributed by atoms with E-state index in [9.17, 15) is 0 Å². The fourth-order valence-corrected chi connectivity index (χ4v) is 3.05. The molecule has 1 aromatic heterocycles. The highest BCUT2D eigenvalue weighted by Crippen LogP contribution is 2.31. The third-order valence-electron chi connectivity index (χ3n) is 3.90. The quantitative estimate of drug-likeness (QED) is 0.527. The predicted octanol–water partition coefficient (Wildman–Crippen LogP) is 0.492. The summed E-state index contributed by atoms with van der Waals surface area (Å²) in [5.74, 6) is 7.03. The van der Waals surface area contributed by atoms with Crippen LogP contribution in [0.5, 0.6) is 0 Å². The molecule has 2 heterocycles. The summed E-state index contributed by atoms with van der Waals surface area (Å²) in [6, 6.07) is 2.23. The zero-order valence-corrected chi connectivity index (χ0v) is 10.9. The minimum absolute atomic E-state index is 0.240. The molecule has 2 atom stereocenters. The van der Waals surface area contributed by atoms with E-state index < -0.39 is 0 Å². The average Bonchev–Trinajstić information content (AvgIpc) is 2.46. The van der Waals surface area contributed by atoms with Gasteiger partial charge in [-0.05, 0) is 12.8 Å². The maximum atomic E-state index is 5.86. The highest BCUT2D eigenvalue weighted by atomic mass is 16.5. The normalized spacial score (nSPS) is 26.9. The zero-order valence-electron chi connectivity index (χ0n) is 10.9. The Morgan fingerprint density at radius 1 is 1.32 bits per heavy atom. The van der Waals surface area contributed by atoms with Crippen LogP contribution in [0.4, 0.5) is 17.6 Å². The molecule has 5 N–H and O–H groups in total. The van der Waals surface area contributed by atoms with Gasteiger partial charge in [-0.2, -0.15) is 9.97 Å². The second kappa shape index (κ2) is 5.18. The Bertz CT molecular complexity index is 452. The van der Waals surface area contributed by atoms with E-state index in [2.05, 4.69) is 20.3 Å². The first-order valence-electron chi connectivity index (χ1n) is 6.77. The molecule has 7 nitrogen and oxygen atoms in total. The molecule has 0 aromatic carbocycles. The summed E-state index contributed by atoms with van der Waals surface area (Å²) in [4.78, 5) is 10.6. The van der Waals surface area contributed by atoms with Gasteiger partial charge in [-0.25, -0.2) is 5.84 Å². The Balaban J connectivity index is 1.89. The van der Waals surface area contributed by atoms with Crippen molar-refractivity contribution in [3.63, 3.8) is 0 Å². The first-order valence-corrected chi connectivity index (χ1v) is 6.77. The van der Waals surface area contributed by atoms with Crippen LogP contribution < -0.4 is 21.9 Å². The number of nitrogen functional groups attached to an aromatic ring is 2. The second-order valence-electron chi connectivity index (χ2n) is 5.07. The molecule has 0 radical (unpaired) electrons. The van der Waals surface area contributed by atoms with Crippen LogP contribution >= 0.6 is 0 Å². The highest BCUT2D eigenvalue weighted by Gasteiger charge is 2.35. The largest absolute Gasteiger partial charge is 0.374 e. The highest BCUT2D eigenvalue weighted by molar-refractivity contribution is 5.53. The number of hydrazine groups is 1. The number of nitrogens with one attached hydrogen (secondary N) is 1. The molecule has 1 saturated heterocycles. The number of nitrogens with two attached hydrogens (primary N) is 2. The molecule has 0 amide bonds. The molecule has 104 valence electrons. The number of morpholine rings is 1. The predicted molar refractivity (Wildman–Crippen MR) is 73.6 cm³/mol. The van der Waals surface area contributed by atoms with Crippen molar-refractivity contribution < 1.29 is 4.74 Å². The van der Waals surface area contributed by atoms with Crippen LogP contribution in [0.2, 0.25) is 0 Å². The Morgan fingerprint density at radius 2 is 2.16 bits per heavy atom. The second-order valence-corrected chi connectivity index (χ2v) is 5.07. The van der Waals surface area contributed by atoms with Crippen molar-refractivity contribution in [1.82, 2.24) is 9.97 Å². The summed E-state index contributed by atoms with van der Waals surface area (Å²) in [6.45, 7) is 1.57. The van der Waals surface area contributed by atoms with Gasteiger partial charge in [-0.1, -0.05) is 12.8 Å². The van der Waals surface area contributed by atoms with E-state index in [4.69, 9.17) is 16.3 Å². The van der Waals surface area contributed by atoms with E-state index in [1.807, 2.05) is 6.07 Å². The molecule has 0 bridgehead atoms. The Morgan fingerprint density at radius 3 is 3.00 bits per heavy atom. The third-order valence-corrected chi connectivity index (χ3v) is 3.90. The van der Waals surface area contributed by atoms with Gasteiger partial charge >= 0.3 is 0 Å². The maximum absolute atomic E-state index is 5.86. The number of ether oxygens (including phenoxy) is 1. The van der Waals surface area contributed by atoms with Crippen molar-refractivity contribution in [3.05, 3.63) is 6.07 Å². The van der Waals surface area contributed by atoms with Gasteiger partial charge in [0.25, 0.3) is 0 Å². The molecule has 1 aliphatic carbocycles. The first kappa shape index (κ1) is 12.4. The lowest BCUT2D eigenvalue weighted by atomic mass is 9.90. The van der Waals surface area contributed by atoms with Crippen molar-refractivity contribution >= 4 is 17.6 Å². The maximum Gasteiger partial charge on any atom is 0.223 e. The minimum Gasteiger partial charge on any atom is -0.374 e. The lowest BCUT2D eigenvalue weighted by Gasteiger charge is -2.44. The van der Waals surface area contributed by atoms with Crippen molar-refractivity contribution in [2.24, 2.45) is 5.84 Å². The van der Waals surface area contributed by atoms with Crippen LogP contribution in [-0.4, -0.2) is 35.3 Å².